The summed E-state index contributed by atoms with van der Waals surface area (Å²) in [5.41, 5.74) is 1.69. The van der Waals surface area contributed by atoms with Crippen molar-refractivity contribution in [1.29, 1.82) is 0 Å². The zero-order valence-electron chi connectivity index (χ0n) is 18.3. The summed E-state index contributed by atoms with van der Waals surface area (Å²) in [5.74, 6) is -2.74. The lowest BCUT2D eigenvalue weighted by atomic mass is 9.86. The molecule has 0 bridgehead atoms. The van der Waals surface area contributed by atoms with Crippen LogP contribution in [0.3, 0.4) is 0 Å². The number of nitrogens with one attached hydrogen (secondary N) is 1. The lowest BCUT2D eigenvalue weighted by molar-refractivity contribution is -0.857. The highest BCUT2D eigenvalue weighted by molar-refractivity contribution is 6.44. The number of likely N-dealkylation sites (tertiary alicyclic amines) is 1. The van der Waals surface area contributed by atoms with Crippen LogP contribution in [0.25, 0.3) is 0 Å². The highest BCUT2D eigenvalue weighted by Gasteiger charge is 2.51. The molecule has 0 spiro atoms. The molecule has 0 aliphatic carbocycles. The molecule has 164 valence electrons. The number of nitrogens with zero attached hydrogens (tertiary/aromatic N) is 1. The Bertz CT molecular complexity index is 988. The smallest absolute Gasteiger partial charge is 0.291 e. The Morgan fingerprint density at radius 1 is 1.13 bits per heavy atom. The number of Topliss-reactive ketones (excluding diaryl/α,β-unsaturated/α-hetero) is 2. The first kappa shape index (κ1) is 22.6. The van der Waals surface area contributed by atoms with E-state index in [0.29, 0.717) is 36.6 Å². The van der Waals surface area contributed by atoms with Crippen LogP contribution in [0, 0.1) is 18.7 Å². The van der Waals surface area contributed by atoms with Crippen molar-refractivity contribution in [2.24, 2.45) is 5.92 Å². The van der Waals surface area contributed by atoms with Gasteiger partial charge < -0.3 is 14.5 Å². The van der Waals surface area contributed by atoms with E-state index in [1.807, 2.05) is 27.9 Å². The van der Waals surface area contributed by atoms with Gasteiger partial charge in [0.1, 0.15) is 17.5 Å². The molecular weight excluding hydrogens is 399 g/mol. The molecule has 1 heterocycles. The van der Waals surface area contributed by atoms with Gasteiger partial charge in [-0.2, -0.15) is 0 Å². The van der Waals surface area contributed by atoms with Crippen molar-refractivity contribution in [3.63, 3.8) is 0 Å². The van der Waals surface area contributed by atoms with Gasteiger partial charge in [0.15, 0.2) is 5.78 Å². The number of quaternary nitrogens is 1. The number of benzene rings is 2. The Morgan fingerprint density at radius 2 is 1.81 bits per heavy atom. The number of aryl methyl sites for hydroxylation is 1. The van der Waals surface area contributed by atoms with Crippen LogP contribution >= 0.6 is 0 Å². The van der Waals surface area contributed by atoms with Crippen LogP contribution < -0.4 is 9.64 Å². The predicted octanol–water partition coefficient (Wildman–Crippen LogP) is 1.63. The highest BCUT2D eigenvalue weighted by atomic mass is 19.1. The van der Waals surface area contributed by atoms with Gasteiger partial charge in [-0.15, -0.1) is 0 Å². The van der Waals surface area contributed by atoms with Crippen LogP contribution in [0.15, 0.2) is 42.5 Å². The maximum Gasteiger partial charge on any atom is 0.291 e. The highest BCUT2D eigenvalue weighted by Crippen LogP contribution is 2.38. The van der Waals surface area contributed by atoms with Gasteiger partial charge in [-0.3, -0.25) is 14.4 Å². The zero-order valence-corrected chi connectivity index (χ0v) is 18.3. The normalized spacial score (nSPS) is 18.7. The number of halogens is 1. The largest absolute Gasteiger partial charge is 0.494 e. The molecule has 1 amide bonds. The van der Waals surface area contributed by atoms with E-state index >= 15 is 0 Å². The number of carbonyl (C=O) groups is 3. The van der Waals surface area contributed by atoms with E-state index in [4.69, 9.17) is 4.74 Å². The predicted molar refractivity (Wildman–Crippen MR) is 114 cm³/mol. The minimum atomic E-state index is -1.17. The van der Waals surface area contributed by atoms with Crippen LogP contribution in [0.4, 0.5) is 4.39 Å². The number of rotatable bonds is 8. The molecule has 0 radical (unpaired) electrons. The molecule has 3 rings (SSSR count). The number of ether oxygens (including phenoxy) is 1. The van der Waals surface area contributed by atoms with Crippen molar-refractivity contribution in [3.8, 4) is 5.75 Å². The molecule has 0 saturated carbocycles. The second-order valence-electron chi connectivity index (χ2n) is 8.07. The zero-order chi connectivity index (χ0) is 22.7. The monoisotopic (exact) mass is 427 g/mol. The van der Waals surface area contributed by atoms with E-state index in [-0.39, 0.29) is 0 Å². The topological polar surface area (TPSA) is 68.1 Å². The fourth-order valence-electron chi connectivity index (χ4n) is 3.90. The Kier molecular flexibility index (Phi) is 6.85. The summed E-state index contributed by atoms with van der Waals surface area (Å²) >= 11 is 0. The van der Waals surface area contributed by atoms with E-state index < -0.39 is 35.3 Å². The Morgan fingerprint density at radius 3 is 2.39 bits per heavy atom. The van der Waals surface area contributed by atoms with Gasteiger partial charge in [-0.05, 0) is 55.3 Å². The van der Waals surface area contributed by atoms with Gasteiger partial charge in [-0.25, -0.2) is 4.39 Å². The first-order valence-electron chi connectivity index (χ1n) is 10.4. The van der Waals surface area contributed by atoms with Gasteiger partial charge in [0.2, 0.25) is 5.78 Å². The lowest BCUT2D eigenvalue weighted by Crippen LogP contribution is -3.06. The Balaban J connectivity index is 2.01. The minimum Gasteiger partial charge on any atom is -0.494 e. The van der Waals surface area contributed by atoms with Crippen molar-refractivity contribution in [2.45, 2.75) is 19.9 Å². The van der Waals surface area contributed by atoms with Gasteiger partial charge in [0.05, 0.1) is 39.8 Å². The van der Waals surface area contributed by atoms with Gasteiger partial charge in [-0.1, -0.05) is 12.1 Å². The van der Waals surface area contributed by atoms with Crippen LogP contribution in [0.5, 0.6) is 5.75 Å². The lowest BCUT2D eigenvalue weighted by Gasteiger charge is -2.27. The second-order valence-corrected chi connectivity index (χ2v) is 8.07. The number of amides is 1. The molecule has 2 unspecified atom stereocenters. The minimum absolute atomic E-state index is 0.320. The molecule has 7 heteroatoms. The molecular formula is C24H28FN2O4+. The summed E-state index contributed by atoms with van der Waals surface area (Å²) in [6, 6.07) is 9.86. The van der Waals surface area contributed by atoms with Crippen LogP contribution in [-0.2, 0) is 9.59 Å². The maximum absolute atomic E-state index is 13.5. The van der Waals surface area contributed by atoms with Crippen molar-refractivity contribution >= 4 is 17.5 Å². The Labute approximate surface area is 181 Å². The first-order chi connectivity index (χ1) is 14.7. The third-order valence-electron chi connectivity index (χ3n) is 5.51. The van der Waals surface area contributed by atoms with Crippen molar-refractivity contribution < 1.29 is 28.4 Å². The molecule has 2 atom stereocenters. The molecule has 31 heavy (non-hydrogen) atoms. The van der Waals surface area contributed by atoms with Gasteiger partial charge in [0.25, 0.3) is 5.91 Å². The SMILES string of the molecule is CCOc1ccc(C(=O)C2C(=O)C(=O)N(CC[NH+](C)C)C2c2ccc(F)cc2)cc1C. The molecule has 6 nitrogen and oxygen atoms in total. The standard InChI is InChI=1S/C24H27FN2O4/c1-5-31-19-11-8-17(14-15(19)2)22(28)20-21(16-6-9-18(25)10-7-16)27(13-12-26(3)4)24(30)23(20)29/h6-11,14,20-21H,5,12-13H2,1-4H3/p+1. The third kappa shape index (κ3) is 4.66. The molecule has 1 saturated heterocycles. The van der Waals surface area contributed by atoms with E-state index in [1.54, 1.807) is 18.2 Å². The number of ketones is 2. The fourth-order valence-corrected chi connectivity index (χ4v) is 3.90. The van der Waals surface area contributed by atoms with Crippen LogP contribution in [0.2, 0.25) is 0 Å². The number of hydrogen-bond acceptors (Lipinski definition) is 4. The third-order valence-corrected chi connectivity index (χ3v) is 5.51. The maximum atomic E-state index is 13.5. The summed E-state index contributed by atoms with van der Waals surface area (Å²) in [6.07, 6.45) is 0. The fraction of sp³-hybridized carbons (Fsp3) is 0.375. The van der Waals surface area contributed by atoms with Crippen LogP contribution in [-0.4, -0.2) is 56.2 Å². The summed E-state index contributed by atoms with van der Waals surface area (Å²) in [5, 5.41) is 0. The van der Waals surface area contributed by atoms with E-state index in [2.05, 4.69) is 0 Å². The van der Waals surface area contributed by atoms with E-state index in [0.717, 1.165) is 10.5 Å². The molecule has 0 aromatic heterocycles. The van der Waals surface area contributed by atoms with Crippen molar-refractivity contribution in [2.75, 3.05) is 33.8 Å². The second kappa shape index (κ2) is 9.39. The molecule has 1 fully saturated rings. The average molecular weight is 427 g/mol. The average Bonchev–Trinajstić information content (AvgIpc) is 2.98. The van der Waals surface area contributed by atoms with Crippen molar-refractivity contribution in [3.05, 3.63) is 65.0 Å². The van der Waals surface area contributed by atoms with Gasteiger partial charge >= 0.3 is 0 Å². The molecule has 1 N–H and O–H groups in total. The quantitative estimate of drug-likeness (QED) is 0.395. The summed E-state index contributed by atoms with van der Waals surface area (Å²) in [7, 11) is 3.89. The number of hydrogen-bond donors (Lipinski definition) is 1. The molecule has 1 aliphatic rings. The summed E-state index contributed by atoms with van der Waals surface area (Å²) < 4.78 is 19.0. The molecule has 1 aliphatic heterocycles. The first-order valence-corrected chi connectivity index (χ1v) is 10.4. The summed E-state index contributed by atoms with van der Waals surface area (Å²) in [6.45, 7) is 5.13. The van der Waals surface area contributed by atoms with Crippen molar-refractivity contribution in [1.82, 2.24) is 4.90 Å². The molecule has 2 aromatic rings. The Hall–Kier alpha value is -3.06. The van der Waals surface area contributed by atoms with Crippen LogP contribution in [0.1, 0.15) is 34.5 Å². The summed E-state index contributed by atoms with van der Waals surface area (Å²) in [4.78, 5) is 41.8. The van der Waals surface area contributed by atoms with E-state index in [1.165, 1.54) is 29.2 Å². The number of likely N-dealkylation sites (N-methyl/N-ethyl adjacent to an activating group) is 1. The molecule has 2 aromatic carbocycles. The van der Waals surface area contributed by atoms with E-state index in [9.17, 15) is 18.8 Å². The number of carbonyl (C=O) groups excluding carboxylic acids is 3. The van der Waals surface area contributed by atoms with Gasteiger partial charge in [0, 0.05) is 5.56 Å².